The van der Waals surface area contributed by atoms with Crippen molar-refractivity contribution in [1.29, 1.82) is 0 Å². The molecule has 1 heterocycles. The van der Waals surface area contributed by atoms with Crippen molar-refractivity contribution in [3.63, 3.8) is 0 Å². The summed E-state index contributed by atoms with van der Waals surface area (Å²) in [7, 11) is 1.77. The molecule has 7 heteroatoms. The molecule has 1 aliphatic rings. The maximum Gasteiger partial charge on any atom is 0.241 e. The van der Waals surface area contributed by atoms with Gasteiger partial charge in [-0.15, -0.1) is 0 Å². The van der Waals surface area contributed by atoms with Crippen molar-refractivity contribution in [3.8, 4) is 0 Å². The summed E-state index contributed by atoms with van der Waals surface area (Å²) in [6.45, 7) is 11.0. The monoisotopic (exact) mass is 376 g/mol. The Balaban J connectivity index is 1.86. The summed E-state index contributed by atoms with van der Waals surface area (Å²) in [6.07, 6.45) is 0. The van der Waals surface area contributed by atoms with E-state index in [2.05, 4.69) is 15.5 Å². The summed E-state index contributed by atoms with van der Waals surface area (Å²) in [5.74, 6) is -0.236. The topological polar surface area (TPSA) is 73.9 Å². The van der Waals surface area contributed by atoms with Gasteiger partial charge in [0.1, 0.15) is 0 Å². The van der Waals surface area contributed by atoms with Gasteiger partial charge in [0.2, 0.25) is 11.8 Å². The van der Waals surface area contributed by atoms with Gasteiger partial charge in [0.25, 0.3) is 0 Å². The Kier molecular flexibility index (Phi) is 7.21. The van der Waals surface area contributed by atoms with Crippen LogP contribution in [0, 0.1) is 0 Å². The van der Waals surface area contributed by atoms with Gasteiger partial charge in [0.15, 0.2) is 0 Å². The molecular weight excluding hydrogens is 344 g/mol. The normalized spacial score (nSPS) is 16.1. The Hall–Kier alpha value is -2.12. The van der Waals surface area contributed by atoms with Crippen molar-refractivity contribution in [3.05, 3.63) is 24.3 Å². The zero-order valence-electron chi connectivity index (χ0n) is 17.0. The molecule has 0 aliphatic carbocycles. The number of anilines is 2. The highest BCUT2D eigenvalue weighted by atomic mass is 16.5. The second kappa shape index (κ2) is 9.19. The molecule has 1 saturated heterocycles. The van der Waals surface area contributed by atoms with Crippen LogP contribution in [-0.2, 0) is 14.3 Å². The standard InChI is InChI=1S/C20H32N4O3/c1-15(23(5)14-18(25)22-20(2,3)4)19(26)21-16-6-8-17(9-7-16)24-10-12-27-13-11-24/h6-9,15H,10-14H2,1-5H3,(H,21,26)(H,22,25)/t15-/m0/s1. The highest BCUT2D eigenvalue weighted by molar-refractivity contribution is 5.95. The van der Waals surface area contributed by atoms with E-state index in [1.807, 2.05) is 45.0 Å². The lowest BCUT2D eigenvalue weighted by atomic mass is 10.1. The average Bonchev–Trinajstić information content (AvgIpc) is 2.60. The van der Waals surface area contributed by atoms with Gasteiger partial charge in [-0.05, 0) is 59.0 Å². The number of nitrogens with one attached hydrogen (secondary N) is 2. The maximum absolute atomic E-state index is 12.5. The van der Waals surface area contributed by atoms with Gasteiger partial charge in [-0.1, -0.05) is 0 Å². The maximum atomic E-state index is 12.5. The number of ether oxygens (including phenoxy) is 1. The van der Waals surface area contributed by atoms with Crippen molar-refractivity contribution in [2.75, 3.05) is 50.1 Å². The fraction of sp³-hybridized carbons (Fsp3) is 0.600. The molecule has 1 aromatic carbocycles. The van der Waals surface area contributed by atoms with E-state index >= 15 is 0 Å². The molecule has 2 N–H and O–H groups in total. The van der Waals surface area contributed by atoms with Crippen LogP contribution in [0.1, 0.15) is 27.7 Å². The molecule has 1 aromatic rings. The van der Waals surface area contributed by atoms with Crippen molar-refractivity contribution in [1.82, 2.24) is 10.2 Å². The van der Waals surface area contributed by atoms with Gasteiger partial charge < -0.3 is 20.3 Å². The zero-order valence-corrected chi connectivity index (χ0v) is 17.0. The van der Waals surface area contributed by atoms with E-state index < -0.39 is 6.04 Å². The first-order valence-electron chi connectivity index (χ1n) is 9.40. The van der Waals surface area contributed by atoms with Crippen molar-refractivity contribution < 1.29 is 14.3 Å². The van der Waals surface area contributed by atoms with E-state index in [4.69, 9.17) is 4.74 Å². The van der Waals surface area contributed by atoms with Gasteiger partial charge in [0, 0.05) is 30.0 Å². The number of amides is 2. The van der Waals surface area contributed by atoms with Gasteiger partial charge in [-0.25, -0.2) is 0 Å². The van der Waals surface area contributed by atoms with Crippen LogP contribution in [0.25, 0.3) is 0 Å². The number of morpholine rings is 1. The van der Waals surface area contributed by atoms with E-state index in [0.29, 0.717) is 0 Å². The Morgan fingerprint density at radius 3 is 2.33 bits per heavy atom. The summed E-state index contributed by atoms with van der Waals surface area (Å²) in [5.41, 5.74) is 1.59. The molecular formula is C20H32N4O3. The van der Waals surface area contributed by atoms with E-state index in [0.717, 1.165) is 37.7 Å². The number of likely N-dealkylation sites (N-methyl/N-ethyl adjacent to an activating group) is 1. The summed E-state index contributed by atoms with van der Waals surface area (Å²) >= 11 is 0. The Labute approximate surface area is 162 Å². The Morgan fingerprint density at radius 1 is 1.19 bits per heavy atom. The molecule has 1 atom stereocenters. The van der Waals surface area contributed by atoms with Crippen LogP contribution in [0.5, 0.6) is 0 Å². The highest BCUT2D eigenvalue weighted by Crippen LogP contribution is 2.19. The first-order chi connectivity index (χ1) is 12.7. The van der Waals surface area contributed by atoms with E-state index in [1.165, 1.54) is 0 Å². The number of nitrogens with zero attached hydrogens (tertiary/aromatic N) is 2. The van der Waals surface area contributed by atoms with Gasteiger partial charge in [0.05, 0.1) is 25.8 Å². The largest absolute Gasteiger partial charge is 0.378 e. The van der Waals surface area contributed by atoms with Crippen LogP contribution in [0.4, 0.5) is 11.4 Å². The van der Waals surface area contributed by atoms with Crippen molar-refractivity contribution in [2.24, 2.45) is 0 Å². The molecule has 1 aliphatic heterocycles. The van der Waals surface area contributed by atoms with Crippen LogP contribution in [0.15, 0.2) is 24.3 Å². The predicted octanol–water partition coefficient (Wildman–Crippen LogP) is 1.70. The highest BCUT2D eigenvalue weighted by Gasteiger charge is 2.22. The van der Waals surface area contributed by atoms with Crippen LogP contribution in [-0.4, -0.2) is 68.2 Å². The molecule has 2 rings (SSSR count). The molecule has 1 fully saturated rings. The lowest BCUT2D eigenvalue weighted by molar-refractivity contribution is -0.125. The van der Waals surface area contributed by atoms with E-state index in [-0.39, 0.29) is 23.9 Å². The first-order valence-corrected chi connectivity index (χ1v) is 9.40. The fourth-order valence-electron chi connectivity index (χ4n) is 2.85. The van der Waals surface area contributed by atoms with Crippen LogP contribution >= 0.6 is 0 Å². The number of rotatable bonds is 6. The Morgan fingerprint density at radius 2 is 1.78 bits per heavy atom. The lowest BCUT2D eigenvalue weighted by Gasteiger charge is -2.29. The molecule has 27 heavy (non-hydrogen) atoms. The van der Waals surface area contributed by atoms with E-state index in [9.17, 15) is 9.59 Å². The molecule has 0 spiro atoms. The number of carbonyl (C=O) groups is 2. The summed E-state index contributed by atoms with van der Waals surface area (Å²) in [5, 5.41) is 5.82. The molecule has 7 nitrogen and oxygen atoms in total. The number of hydrogen-bond donors (Lipinski definition) is 2. The van der Waals surface area contributed by atoms with Gasteiger partial charge in [-0.3, -0.25) is 14.5 Å². The predicted molar refractivity (Wildman–Crippen MR) is 108 cm³/mol. The molecule has 0 radical (unpaired) electrons. The number of benzene rings is 1. The third kappa shape index (κ3) is 6.84. The third-order valence-electron chi connectivity index (χ3n) is 4.46. The minimum Gasteiger partial charge on any atom is -0.378 e. The molecule has 2 amide bonds. The van der Waals surface area contributed by atoms with Crippen molar-refractivity contribution >= 4 is 23.2 Å². The van der Waals surface area contributed by atoms with Gasteiger partial charge >= 0.3 is 0 Å². The smallest absolute Gasteiger partial charge is 0.241 e. The number of carbonyl (C=O) groups excluding carboxylic acids is 2. The molecule has 0 saturated carbocycles. The second-order valence-electron chi connectivity index (χ2n) is 8.02. The average molecular weight is 377 g/mol. The summed E-state index contributed by atoms with van der Waals surface area (Å²) < 4.78 is 5.37. The fourth-order valence-corrected chi connectivity index (χ4v) is 2.85. The summed E-state index contributed by atoms with van der Waals surface area (Å²) in [4.78, 5) is 28.5. The van der Waals surface area contributed by atoms with E-state index in [1.54, 1.807) is 18.9 Å². The summed E-state index contributed by atoms with van der Waals surface area (Å²) in [6, 6.07) is 7.40. The lowest BCUT2D eigenvalue weighted by Crippen LogP contribution is -2.49. The Bertz CT molecular complexity index is 634. The minimum absolute atomic E-state index is 0.0977. The van der Waals surface area contributed by atoms with Crippen LogP contribution < -0.4 is 15.5 Å². The van der Waals surface area contributed by atoms with Crippen LogP contribution in [0.3, 0.4) is 0 Å². The number of hydrogen-bond acceptors (Lipinski definition) is 5. The van der Waals surface area contributed by atoms with Gasteiger partial charge in [-0.2, -0.15) is 0 Å². The molecule has 0 unspecified atom stereocenters. The first kappa shape index (κ1) is 21.2. The minimum atomic E-state index is -0.422. The van der Waals surface area contributed by atoms with Crippen LogP contribution in [0.2, 0.25) is 0 Å². The quantitative estimate of drug-likeness (QED) is 0.791. The third-order valence-corrected chi connectivity index (χ3v) is 4.46. The zero-order chi connectivity index (χ0) is 20.0. The molecule has 150 valence electrons. The van der Waals surface area contributed by atoms with Crippen molar-refractivity contribution in [2.45, 2.75) is 39.3 Å². The molecule has 0 aromatic heterocycles. The second-order valence-corrected chi connectivity index (χ2v) is 8.02. The molecule has 0 bridgehead atoms. The SMILES string of the molecule is C[C@@H](C(=O)Nc1ccc(N2CCOCC2)cc1)N(C)CC(=O)NC(C)(C)C.